The Hall–Kier alpha value is -0.740. The van der Waals surface area contributed by atoms with Crippen molar-refractivity contribution in [3.05, 3.63) is 34.3 Å². The molecule has 0 heterocycles. The topological polar surface area (TPSA) is 26.0 Å². The summed E-state index contributed by atoms with van der Waals surface area (Å²) in [5, 5.41) is 0.106. The highest BCUT2D eigenvalue weighted by molar-refractivity contribution is 6.30. The summed E-state index contributed by atoms with van der Waals surface area (Å²) < 4.78 is 37.4. The normalized spacial score (nSPS) is 13.9. The van der Waals surface area contributed by atoms with E-state index in [4.69, 9.17) is 17.3 Å². The Morgan fingerprint density at radius 1 is 1.31 bits per heavy atom. The number of halogens is 4. The SMILES string of the molecule is C[C@H](N)CCc1cc(Cl)cc(C(F)(F)F)c1. The van der Waals surface area contributed by atoms with Gasteiger partial charge in [0.2, 0.25) is 0 Å². The van der Waals surface area contributed by atoms with Gasteiger partial charge in [-0.25, -0.2) is 0 Å². The van der Waals surface area contributed by atoms with Crippen LogP contribution in [0.2, 0.25) is 5.02 Å². The largest absolute Gasteiger partial charge is 0.416 e. The Kier molecular flexibility index (Phi) is 4.21. The Balaban J connectivity index is 2.90. The van der Waals surface area contributed by atoms with Gasteiger partial charge in [-0.05, 0) is 43.5 Å². The fraction of sp³-hybridized carbons (Fsp3) is 0.455. The summed E-state index contributed by atoms with van der Waals surface area (Å²) in [5.74, 6) is 0. The first-order valence-electron chi connectivity index (χ1n) is 4.91. The van der Waals surface area contributed by atoms with Crippen LogP contribution in [-0.2, 0) is 12.6 Å². The molecule has 16 heavy (non-hydrogen) atoms. The van der Waals surface area contributed by atoms with E-state index in [-0.39, 0.29) is 11.1 Å². The van der Waals surface area contributed by atoms with Gasteiger partial charge in [0, 0.05) is 11.1 Å². The second kappa shape index (κ2) is 5.06. The molecule has 0 saturated heterocycles. The maximum absolute atomic E-state index is 12.5. The van der Waals surface area contributed by atoms with E-state index in [0.29, 0.717) is 18.4 Å². The van der Waals surface area contributed by atoms with Crippen molar-refractivity contribution in [3.8, 4) is 0 Å². The minimum Gasteiger partial charge on any atom is -0.328 e. The van der Waals surface area contributed by atoms with Gasteiger partial charge >= 0.3 is 6.18 Å². The minimum absolute atomic E-state index is 0.0340. The first kappa shape index (κ1) is 13.3. The summed E-state index contributed by atoms with van der Waals surface area (Å²) in [6.07, 6.45) is -3.22. The summed E-state index contributed by atoms with van der Waals surface area (Å²) in [6.45, 7) is 1.81. The van der Waals surface area contributed by atoms with E-state index in [1.54, 1.807) is 6.07 Å². The lowest BCUT2D eigenvalue weighted by molar-refractivity contribution is -0.137. The Labute approximate surface area is 97.4 Å². The molecule has 0 amide bonds. The molecule has 90 valence electrons. The second-order valence-corrected chi connectivity index (χ2v) is 4.30. The molecule has 0 radical (unpaired) electrons. The van der Waals surface area contributed by atoms with Crippen LogP contribution in [0.15, 0.2) is 18.2 Å². The van der Waals surface area contributed by atoms with E-state index in [9.17, 15) is 13.2 Å². The van der Waals surface area contributed by atoms with Crippen molar-refractivity contribution in [2.45, 2.75) is 32.0 Å². The van der Waals surface area contributed by atoms with E-state index in [1.165, 1.54) is 0 Å². The van der Waals surface area contributed by atoms with E-state index < -0.39 is 11.7 Å². The van der Waals surface area contributed by atoms with Crippen molar-refractivity contribution in [3.63, 3.8) is 0 Å². The van der Waals surface area contributed by atoms with Crippen molar-refractivity contribution in [2.24, 2.45) is 5.73 Å². The number of benzene rings is 1. The van der Waals surface area contributed by atoms with E-state index in [0.717, 1.165) is 12.1 Å². The van der Waals surface area contributed by atoms with Gasteiger partial charge in [-0.3, -0.25) is 0 Å². The van der Waals surface area contributed by atoms with Gasteiger partial charge in [0.25, 0.3) is 0 Å². The third-order valence-electron chi connectivity index (χ3n) is 2.17. The van der Waals surface area contributed by atoms with Crippen molar-refractivity contribution in [2.75, 3.05) is 0 Å². The Morgan fingerprint density at radius 3 is 2.44 bits per heavy atom. The fourth-order valence-electron chi connectivity index (χ4n) is 1.35. The molecule has 0 aliphatic carbocycles. The molecule has 1 aromatic carbocycles. The molecule has 0 saturated carbocycles. The van der Waals surface area contributed by atoms with Crippen LogP contribution in [-0.4, -0.2) is 6.04 Å². The molecule has 1 nitrogen and oxygen atoms in total. The van der Waals surface area contributed by atoms with Crippen molar-refractivity contribution in [1.82, 2.24) is 0 Å². The molecule has 2 N–H and O–H groups in total. The van der Waals surface area contributed by atoms with E-state index in [1.807, 2.05) is 6.92 Å². The molecular formula is C11H13ClF3N. The van der Waals surface area contributed by atoms with Crippen molar-refractivity contribution >= 4 is 11.6 Å². The summed E-state index contributed by atoms with van der Waals surface area (Å²) in [5.41, 5.74) is 5.41. The lowest BCUT2D eigenvalue weighted by atomic mass is 10.0. The monoisotopic (exact) mass is 251 g/mol. The standard InChI is InChI=1S/C11H13ClF3N/c1-7(16)2-3-8-4-9(11(13,14)15)6-10(12)5-8/h4-7H,2-3,16H2,1H3/t7-/m0/s1. The first-order chi connectivity index (χ1) is 7.29. The highest BCUT2D eigenvalue weighted by Crippen LogP contribution is 2.32. The second-order valence-electron chi connectivity index (χ2n) is 3.86. The molecule has 0 bridgehead atoms. The van der Waals surface area contributed by atoms with Crippen molar-refractivity contribution < 1.29 is 13.2 Å². The molecule has 5 heteroatoms. The highest BCUT2D eigenvalue weighted by Gasteiger charge is 2.30. The van der Waals surface area contributed by atoms with Gasteiger partial charge in [0.15, 0.2) is 0 Å². The Morgan fingerprint density at radius 2 is 1.94 bits per heavy atom. The van der Waals surface area contributed by atoms with E-state index >= 15 is 0 Å². The number of hydrogen-bond donors (Lipinski definition) is 1. The van der Waals surface area contributed by atoms with Crippen LogP contribution in [0, 0.1) is 0 Å². The van der Waals surface area contributed by atoms with Crippen LogP contribution in [0.3, 0.4) is 0 Å². The summed E-state index contributed by atoms with van der Waals surface area (Å²) in [4.78, 5) is 0. The average molecular weight is 252 g/mol. The number of alkyl halides is 3. The number of nitrogens with two attached hydrogens (primary N) is 1. The molecule has 0 spiro atoms. The number of aryl methyl sites for hydroxylation is 1. The molecule has 0 aliphatic rings. The predicted octanol–water partition coefficient (Wildman–Crippen LogP) is 3.64. The van der Waals surface area contributed by atoms with Crippen molar-refractivity contribution in [1.29, 1.82) is 0 Å². The maximum Gasteiger partial charge on any atom is 0.416 e. The van der Waals surface area contributed by atoms with Gasteiger partial charge in [0.05, 0.1) is 5.56 Å². The van der Waals surface area contributed by atoms with Gasteiger partial charge in [-0.1, -0.05) is 11.6 Å². The molecule has 1 atom stereocenters. The van der Waals surface area contributed by atoms with Gasteiger partial charge < -0.3 is 5.73 Å². The third-order valence-corrected chi connectivity index (χ3v) is 2.39. The molecule has 0 aromatic heterocycles. The zero-order chi connectivity index (χ0) is 12.3. The molecule has 0 fully saturated rings. The lowest BCUT2D eigenvalue weighted by Crippen LogP contribution is -2.15. The maximum atomic E-state index is 12.5. The molecule has 0 unspecified atom stereocenters. The summed E-state index contributed by atoms with van der Waals surface area (Å²) >= 11 is 5.64. The predicted molar refractivity (Wildman–Crippen MR) is 58.4 cm³/mol. The zero-order valence-electron chi connectivity index (χ0n) is 8.81. The first-order valence-corrected chi connectivity index (χ1v) is 5.29. The zero-order valence-corrected chi connectivity index (χ0v) is 9.57. The van der Waals surface area contributed by atoms with Gasteiger partial charge in [0.1, 0.15) is 0 Å². The smallest absolute Gasteiger partial charge is 0.328 e. The van der Waals surface area contributed by atoms with Crippen LogP contribution in [0.4, 0.5) is 13.2 Å². The van der Waals surface area contributed by atoms with Gasteiger partial charge in [-0.2, -0.15) is 13.2 Å². The van der Waals surface area contributed by atoms with Crippen LogP contribution >= 0.6 is 11.6 Å². The van der Waals surface area contributed by atoms with Crippen LogP contribution < -0.4 is 5.73 Å². The fourth-order valence-corrected chi connectivity index (χ4v) is 1.61. The van der Waals surface area contributed by atoms with Gasteiger partial charge in [-0.15, -0.1) is 0 Å². The summed E-state index contributed by atoms with van der Waals surface area (Å²) in [6, 6.07) is 3.55. The lowest BCUT2D eigenvalue weighted by Gasteiger charge is -2.10. The van der Waals surface area contributed by atoms with E-state index in [2.05, 4.69) is 0 Å². The quantitative estimate of drug-likeness (QED) is 0.872. The molecule has 0 aliphatic heterocycles. The average Bonchev–Trinajstić information content (AvgIpc) is 2.12. The highest BCUT2D eigenvalue weighted by atomic mass is 35.5. The third kappa shape index (κ3) is 4.02. The minimum atomic E-state index is -4.35. The van der Waals surface area contributed by atoms with Crippen LogP contribution in [0.1, 0.15) is 24.5 Å². The van der Waals surface area contributed by atoms with Crippen LogP contribution in [0.5, 0.6) is 0 Å². The molecule has 1 rings (SSSR count). The summed E-state index contributed by atoms with van der Waals surface area (Å²) in [7, 11) is 0. The number of hydrogen-bond acceptors (Lipinski definition) is 1. The molecule has 1 aromatic rings. The Bertz CT molecular complexity index is 361. The molecular weight excluding hydrogens is 239 g/mol. The number of rotatable bonds is 3. The van der Waals surface area contributed by atoms with Crippen LogP contribution in [0.25, 0.3) is 0 Å².